The van der Waals surface area contributed by atoms with Gasteiger partial charge in [-0.1, -0.05) is 0 Å². The van der Waals surface area contributed by atoms with Crippen LogP contribution in [0.5, 0.6) is 5.75 Å². The molecule has 1 aromatic heterocycles. The van der Waals surface area contributed by atoms with Gasteiger partial charge in [0.05, 0.1) is 17.7 Å². The first-order chi connectivity index (χ1) is 14.8. The normalized spacial score (nSPS) is 10.5. The maximum absolute atomic E-state index is 12.2. The third kappa shape index (κ3) is 4.61. The number of aromatic nitrogens is 2. The van der Waals surface area contributed by atoms with E-state index >= 15 is 0 Å². The summed E-state index contributed by atoms with van der Waals surface area (Å²) in [5, 5.41) is 18.0. The van der Waals surface area contributed by atoms with Crippen molar-refractivity contribution in [3.63, 3.8) is 0 Å². The number of nitrogens with zero attached hydrogens (tertiary/aromatic N) is 3. The molecule has 0 bridgehead atoms. The number of hydrogen-bond donors (Lipinski definition) is 3. The van der Waals surface area contributed by atoms with Crippen molar-refractivity contribution in [2.75, 3.05) is 19.0 Å². The molecule has 0 atom stereocenters. The van der Waals surface area contributed by atoms with Crippen molar-refractivity contribution in [1.82, 2.24) is 9.78 Å². The number of methoxy groups -OCH3 is 1. The lowest BCUT2D eigenvalue weighted by molar-refractivity contribution is -0.384. The van der Waals surface area contributed by atoms with E-state index in [2.05, 4.69) is 10.4 Å². The summed E-state index contributed by atoms with van der Waals surface area (Å²) in [5.74, 6) is -0.944. The van der Waals surface area contributed by atoms with Crippen LogP contribution in [-0.2, 0) is 6.42 Å². The van der Waals surface area contributed by atoms with Gasteiger partial charge < -0.3 is 21.5 Å². The fourth-order valence-electron chi connectivity index (χ4n) is 3.08. The number of carbonyl (C=O) groups is 2. The number of amides is 2. The molecule has 2 amide bonds. The Kier molecular flexibility index (Phi) is 6.15. The number of ether oxygens (including phenoxy) is 1. The van der Waals surface area contributed by atoms with Gasteiger partial charge in [0.1, 0.15) is 11.4 Å². The fourth-order valence-corrected chi connectivity index (χ4v) is 3.08. The highest BCUT2D eigenvalue weighted by atomic mass is 16.6. The van der Waals surface area contributed by atoms with Crippen LogP contribution in [0.1, 0.15) is 26.5 Å². The van der Waals surface area contributed by atoms with E-state index in [9.17, 15) is 19.7 Å². The van der Waals surface area contributed by atoms with Gasteiger partial charge in [-0.25, -0.2) is 4.68 Å². The Hall–Kier alpha value is -4.41. The van der Waals surface area contributed by atoms with E-state index in [1.165, 1.54) is 23.9 Å². The van der Waals surface area contributed by atoms with Crippen LogP contribution in [0.15, 0.2) is 48.5 Å². The Labute approximate surface area is 176 Å². The standard InChI is InChI=1S/C20H20N6O5/c1-31-15-8-6-13(7-9-15)25-18(20(22)28)16(17(24-25)19(21)27)10-11-23-12-2-4-14(5-3-12)26(29)30/h2-9,23H,10-11H2,1H3,(H2,21,27)(H2,22,28). The maximum atomic E-state index is 12.2. The van der Waals surface area contributed by atoms with Crippen molar-refractivity contribution in [3.05, 3.63) is 75.6 Å². The van der Waals surface area contributed by atoms with Gasteiger partial charge in [-0.3, -0.25) is 19.7 Å². The summed E-state index contributed by atoms with van der Waals surface area (Å²) in [5.41, 5.74) is 12.5. The molecule has 11 heteroatoms. The minimum atomic E-state index is -0.792. The van der Waals surface area contributed by atoms with E-state index in [1.807, 2.05) is 0 Å². The van der Waals surface area contributed by atoms with Crippen LogP contribution in [0, 0.1) is 10.1 Å². The van der Waals surface area contributed by atoms with Crippen molar-refractivity contribution in [2.24, 2.45) is 11.5 Å². The molecule has 1 heterocycles. The monoisotopic (exact) mass is 424 g/mol. The highest BCUT2D eigenvalue weighted by Crippen LogP contribution is 2.22. The number of carbonyl (C=O) groups excluding carboxylic acids is 2. The molecule has 0 unspecified atom stereocenters. The molecule has 5 N–H and O–H groups in total. The smallest absolute Gasteiger partial charge is 0.269 e. The van der Waals surface area contributed by atoms with Gasteiger partial charge in [0.25, 0.3) is 17.5 Å². The molecule has 160 valence electrons. The van der Waals surface area contributed by atoms with Crippen molar-refractivity contribution in [3.8, 4) is 11.4 Å². The molecule has 0 saturated carbocycles. The van der Waals surface area contributed by atoms with Crippen LogP contribution < -0.4 is 21.5 Å². The number of nitrogens with two attached hydrogens (primary N) is 2. The molecule has 3 aromatic rings. The van der Waals surface area contributed by atoms with Gasteiger partial charge in [0, 0.05) is 29.9 Å². The van der Waals surface area contributed by atoms with E-state index in [1.54, 1.807) is 36.4 Å². The lowest BCUT2D eigenvalue weighted by Crippen LogP contribution is -2.20. The first-order valence-electron chi connectivity index (χ1n) is 9.16. The van der Waals surface area contributed by atoms with Gasteiger partial charge in [-0.2, -0.15) is 5.10 Å². The number of nitro groups is 1. The maximum Gasteiger partial charge on any atom is 0.269 e. The van der Waals surface area contributed by atoms with Gasteiger partial charge >= 0.3 is 0 Å². The Morgan fingerprint density at radius 2 is 1.74 bits per heavy atom. The summed E-state index contributed by atoms with van der Waals surface area (Å²) >= 11 is 0. The Morgan fingerprint density at radius 1 is 1.10 bits per heavy atom. The van der Waals surface area contributed by atoms with Gasteiger partial charge in [-0.15, -0.1) is 0 Å². The van der Waals surface area contributed by atoms with E-state index in [4.69, 9.17) is 16.2 Å². The first-order valence-corrected chi connectivity index (χ1v) is 9.16. The zero-order valence-corrected chi connectivity index (χ0v) is 16.6. The van der Waals surface area contributed by atoms with E-state index in [0.29, 0.717) is 29.2 Å². The van der Waals surface area contributed by atoms with E-state index < -0.39 is 16.7 Å². The molecule has 0 aliphatic carbocycles. The zero-order valence-electron chi connectivity index (χ0n) is 16.6. The summed E-state index contributed by atoms with van der Waals surface area (Å²) in [6.07, 6.45) is 0.212. The van der Waals surface area contributed by atoms with Crippen molar-refractivity contribution < 1.29 is 19.2 Å². The molecule has 0 aliphatic heterocycles. The second-order valence-electron chi connectivity index (χ2n) is 6.49. The van der Waals surface area contributed by atoms with Crippen LogP contribution in [0.2, 0.25) is 0 Å². The first kappa shape index (κ1) is 21.3. The fraction of sp³-hybridized carbons (Fsp3) is 0.150. The number of nitrogens with one attached hydrogen (secondary N) is 1. The largest absolute Gasteiger partial charge is 0.497 e. The second-order valence-corrected chi connectivity index (χ2v) is 6.49. The highest BCUT2D eigenvalue weighted by Gasteiger charge is 2.25. The molecule has 0 saturated heterocycles. The third-order valence-electron chi connectivity index (χ3n) is 4.55. The van der Waals surface area contributed by atoms with Crippen LogP contribution >= 0.6 is 0 Å². The average Bonchev–Trinajstić information content (AvgIpc) is 3.14. The minimum absolute atomic E-state index is 0.0293. The Morgan fingerprint density at radius 3 is 2.26 bits per heavy atom. The number of rotatable bonds is 9. The lowest BCUT2D eigenvalue weighted by atomic mass is 10.1. The molecular weight excluding hydrogens is 404 g/mol. The number of non-ortho nitro benzene ring substituents is 1. The number of benzene rings is 2. The number of hydrogen-bond acceptors (Lipinski definition) is 7. The second kappa shape index (κ2) is 8.95. The average molecular weight is 424 g/mol. The molecule has 0 fully saturated rings. The van der Waals surface area contributed by atoms with Gasteiger partial charge in [0.15, 0.2) is 5.69 Å². The molecule has 0 spiro atoms. The van der Waals surface area contributed by atoms with Crippen molar-refractivity contribution in [1.29, 1.82) is 0 Å². The van der Waals surface area contributed by atoms with Crippen molar-refractivity contribution >= 4 is 23.2 Å². The number of primary amides is 2. The molecule has 3 rings (SSSR count). The Bertz CT molecular complexity index is 1120. The molecule has 0 aliphatic rings. The quantitative estimate of drug-likeness (QED) is 0.346. The predicted molar refractivity (Wildman–Crippen MR) is 112 cm³/mol. The van der Waals surface area contributed by atoms with Crippen LogP contribution in [0.4, 0.5) is 11.4 Å². The number of anilines is 1. The van der Waals surface area contributed by atoms with Gasteiger partial charge in [0.2, 0.25) is 0 Å². The molecule has 0 radical (unpaired) electrons. The van der Waals surface area contributed by atoms with E-state index in [-0.39, 0.29) is 23.5 Å². The van der Waals surface area contributed by atoms with Gasteiger partial charge in [-0.05, 0) is 42.8 Å². The summed E-state index contributed by atoms with van der Waals surface area (Å²) in [6.45, 7) is 0.298. The van der Waals surface area contributed by atoms with E-state index in [0.717, 1.165) is 0 Å². The summed E-state index contributed by atoms with van der Waals surface area (Å²) in [6, 6.07) is 12.6. The molecule has 11 nitrogen and oxygen atoms in total. The number of nitro benzene ring substituents is 1. The topological polar surface area (TPSA) is 168 Å². The summed E-state index contributed by atoms with van der Waals surface area (Å²) in [7, 11) is 1.53. The third-order valence-corrected chi connectivity index (χ3v) is 4.55. The minimum Gasteiger partial charge on any atom is -0.497 e. The van der Waals surface area contributed by atoms with Crippen LogP contribution in [0.3, 0.4) is 0 Å². The zero-order chi connectivity index (χ0) is 22.5. The van der Waals surface area contributed by atoms with Crippen LogP contribution in [-0.4, -0.2) is 40.2 Å². The highest BCUT2D eigenvalue weighted by molar-refractivity contribution is 5.99. The summed E-state index contributed by atoms with van der Waals surface area (Å²) < 4.78 is 6.41. The summed E-state index contributed by atoms with van der Waals surface area (Å²) in [4.78, 5) is 34.4. The molecular formula is C20H20N6O5. The van der Waals surface area contributed by atoms with Crippen LogP contribution in [0.25, 0.3) is 5.69 Å². The Balaban J connectivity index is 1.89. The predicted octanol–water partition coefficient (Wildman–Crippen LogP) is 1.64. The lowest BCUT2D eigenvalue weighted by Gasteiger charge is -2.09. The SMILES string of the molecule is COc1ccc(-n2nc(C(N)=O)c(CCNc3ccc([N+](=O)[O-])cc3)c2C(N)=O)cc1. The molecule has 2 aromatic carbocycles. The van der Waals surface area contributed by atoms with Crippen molar-refractivity contribution in [2.45, 2.75) is 6.42 Å². The molecule has 31 heavy (non-hydrogen) atoms.